The number of benzene rings is 1. The zero-order valence-corrected chi connectivity index (χ0v) is 13.4. The van der Waals surface area contributed by atoms with Crippen molar-refractivity contribution in [3.05, 3.63) is 29.3 Å². The SMILES string of the molecule is Cc1cc(CCN)ccc1N1CCCC(C(C)C)CC1. The first-order chi connectivity index (χ1) is 9.61. The molecule has 1 aliphatic rings. The van der Waals surface area contributed by atoms with Crippen LogP contribution in [0.3, 0.4) is 0 Å². The molecule has 0 saturated carbocycles. The molecule has 1 aliphatic heterocycles. The minimum absolute atomic E-state index is 0.735. The third kappa shape index (κ3) is 3.76. The summed E-state index contributed by atoms with van der Waals surface area (Å²) in [4.78, 5) is 2.59. The first kappa shape index (κ1) is 15.4. The van der Waals surface area contributed by atoms with Crippen molar-refractivity contribution >= 4 is 5.69 Å². The van der Waals surface area contributed by atoms with Crippen molar-refractivity contribution in [2.45, 2.75) is 46.5 Å². The lowest BCUT2D eigenvalue weighted by Crippen LogP contribution is -2.25. The van der Waals surface area contributed by atoms with Gasteiger partial charge in [0.1, 0.15) is 0 Å². The number of aryl methyl sites for hydroxylation is 1. The highest BCUT2D eigenvalue weighted by Crippen LogP contribution is 2.29. The van der Waals surface area contributed by atoms with Crippen LogP contribution in [0, 0.1) is 18.8 Å². The molecular weight excluding hydrogens is 244 g/mol. The maximum atomic E-state index is 5.65. The molecule has 1 heterocycles. The highest BCUT2D eigenvalue weighted by Gasteiger charge is 2.20. The lowest BCUT2D eigenvalue weighted by molar-refractivity contribution is 0.351. The molecule has 2 nitrogen and oxygen atoms in total. The Balaban J connectivity index is 2.07. The monoisotopic (exact) mass is 274 g/mol. The van der Waals surface area contributed by atoms with Crippen LogP contribution in [0.2, 0.25) is 0 Å². The van der Waals surface area contributed by atoms with E-state index in [2.05, 4.69) is 43.9 Å². The third-order valence-electron chi connectivity index (χ3n) is 4.75. The molecule has 0 aromatic heterocycles. The average Bonchev–Trinajstić information content (AvgIpc) is 2.65. The molecule has 1 fully saturated rings. The topological polar surface area (TPSA) is 29.3 Å². The van der Waals surface area contributed by atoms with Crippen LogP contribution in [0.25, 0.3) is 0 Å². The van der Waals surface area contributed by atoms with E-state index in [9.17, 15) is 0 Å². The van der Waals surface area contributed by atoms with Crippen LogP contribution in [-0.4, -0.2) is 19.6 Å². The van der Waals surface area contributed by atoms with Gasteiger partial charge in [0.15, 0.2) is 0 Å². The molecule has 1 atom stereocenters. The van der Waals surface area contributed by atoms with E-state index < -0.39 is 0 Å². The van der Waals surface area contributed by atoms with E-state index in [-0.39, 0.29) is 0 Å². The van der Waals surface area contributed by atoms with Gasteiger partial charge in [0.25, 0.3) is 0 Å². The molecule has 0 radical (unpaired) electrons. The summed E-state index contributed by atoms with van der Waals surface area (Å²) in [6.07, 6.45) is 5.03. The highest BCUT2D eigenvalue weighted by molar-refractivity contribution is 5.54. The van der Waals surface area contributed by atoms with Gasteiger partial charge in [0.05, 0.1) is 0 Å². The summed E-state index contributed by atoms with van der Waals surface area (Å²) in [7, 11) is 0. The standard InChI is InChI=1S/C18H30N2/c1-14(2)17-5-4-11-20(12-9-17)18-7-6-16(8-10-19)13-15(18)3/h6-7,13-14,17H,4-5,8-12,19H2,1-3H3. The van der Waals surface area contributed by atoms with Gasteiger partial charge in [-0.15, -0.1) is 0 Å². The second-order valence-electron chi connectivity index (χ2n) is 6.58. The second-order valence-corrected chi connectivity index (χ2v) is 6.58. The molecule has 1 saturated heterocycles. The van der Waals surface area contributed by atoms with Crippen molar-refractivity contribution in [3.8, 4) is 0 Å². The number of nitrogens with two attached hydrogens (primary N) is 1. The molecule has 1 aromatic rings. The Morgan fingerprint density at radius 1 is 1.25 bits per heavy atom. The van der Waals surface area contributed by atoms with Crippen LogP contribution >= 0.6 is 0 Å². The summed E-state index contributed by atoms with van der Waals surface area (Å²) in [5.74, 6) is 1.72. The van der Waals surface area contributed by atoms with Gasteiger partial charge in [-0.2, -0.15) is 0 Å². The van der Waals surface area contributed by atoms with Crippen molar-refractivity contribution in [2.75, 3.05) is 24.5 Å². The van der Waals surface area contributed by atoms with Crippen molar-refractivity contribution in [1.29, 1.82) is 0 Å². The minimum Gasteiger partial charge on any atom is -0.371 e. The third-order valence-corrected chi connectivity index (χ3v) is 4.75. The Morgan fingerprint density at radius 2 is 2.05 bits per heavy atom. The van der Waals surface area contributed by atoms with Crippen molar-refractivity contribution < 1.29 is 0 Å². The Bertz CT molecular complexity index is 425. The molecule has 0 bridgehead atoms. The second kappa shape index (κ2) is 7.12. The van der Waals surface area contributed by atoms with Gasteiger partial charge < -0.3 is 10.6 Å². The summed E-state index contributed by atoms with van der Waals surface area (Å²) >= 11 is 0. The van der Waals surface area contributed by atoms with Gasteiger partial charge in [0.2, 0.25) is 0 Å². The summed E-state index contributed by atoms with van der Waals surface area (Å²) in [6, 6.07) is 6.86. The fraction of sp³-hybridized carbons (Fsp3) is 0.667. The molecular formula is C18H30N2. The lowest BCUT2D eigenvalue weighted by Gasteiger charge is -2.25. The van der Waals surface area contributed by atoms with Crippen LogP contribution in [-0.2, 0) is 6.42 Å². The predicted molar refractivity (Wildman–Crippen MR) is 88.3 cm³/mol. The predicted octanol–water partition coefficient (Wildman–Crippen LogP) is 3.76. The number of hydrogen-bond donors (Lipinski definition) is 1. The molecule has 1 unspecified atom stereocenters. The maximum absolute atomic E-state index is 5.65. The average molecular weight is 274 g/mol. The van der Waals surface area contributed by atoms with Crippen LogP contribution in [0.1, 0.15) is 44.2 Å². The smallest absolute Gasteiger partial charge is 0.0396 e. The van der Waals surface area contributed by atoms with Gasteiger partial charge >= 0.3 is 0 Å². The summed E-state index contributed by atoms with van der Waals surface area (Å²) in [6.45, 7) is 10.1. The van der Waals surface area contributed by atoms with Gasteiger partial charge in [-0.25, -0.2) is 0 Å². The Hall–Kier alpha value is -1.02. The van der Waals surface area contributed by atoms with E-state index in [4.69, 9.17) is 5.73 Å². The van der Waals surface area contributed by atoms with Crippen LogP contribution < -0.4 is 10.6 Å². The summed E-state index contributed by atoms with van der Waals surface area (Å²) in [5, 5.41) is 0. The normalized spacial score (nSPS) is 20.2. The molecule has 2 N–H and O–H groups in total. The zero-order valence-electron chi connectivity index (χ0n) is 13.4. The van der Waals surface area contributed by atoms with E-state index in [0.29, 0.717) is 0 Å². The van der Waals surface area contributed by atoms with E-state index >= 15 is 0 Å². The number of hydrogen-bond acceptors (Lipinski definition) is 2. The zero-order chi connectivity index (χ0) is 14.5. The Kier molecular flexibility index (Phi) is 5.47. The van der Waals surface area contributed by atoms with Crippen LogP contribution in [0.5, 0.6) is 0 Å². The van der Waals surface area contributed by atoms with Crippen molar-refractivity contribution in [1.82, 2.24) is 0 Å². The van der Waals surface area contributed by atoms with Crippen molar-refractivity contribution in [2.24, 2.45) is 17.6 Å². The van der Waals surface area contributed by atoms with Gasteiger partial charge in [-0.1, -0.05) is 26.0 Å². The van der Waals surface area contributed by atoms with E-state index in [1.54, 1.807) is 0 Å². The molecule has 0 aliphatic carbocycles. The van der Waals surface area contributed by atoms with Crippen LogP contribution in [0.15, 0.2) is 18.2 Å². The van der Waals surface area contributed by atoms with Gasteiger partial charge in [-0.3, -0.25) is 0 Å². The first-order valence-electron chi connectivity index (χ1n) is 8.16. The molecule has 0 spiro atoms. The molecule has 2 heteroatoms. The fourth-order valence-corrected chi connectivity index (χ4v) is 3.42. The summed E-state index contributed by atoms with van der Waals surface area (Å²) < 4.78 is 0. The Labute approximate surface area is 124 Å². The first-order valence-corrected chi connectivity index (χ1v) is 8.16. The lowest BCUT2D eigenvalue weighted by atomic mass is 9.89. The molecule has 112 valence electrons. The minimum atomic E-state index is 0.735. The highest BCUT2D eigenvalue weighted by atomic mass is 15.1. The Morgan fingerprint density at radius 3 is 2.70 bits per heavy atom. The maximum Gasteiger partial charge on any atom is 0.0396 e. The largest absolute Gasteiger partial charge is 0.371 e. The number of anilines is 1. The molecule has 1 aromatic carbocycles. The van der Waals surface area contributed by atoms with Gasteiger partial charge in [-0.05, 0) is 68.2 Å². The van der Waals surface area contributed by atoms with E-state index in [0.717, 1.165) is 24.8 Å². The quantitative estimate of drug-likeness (QED) is 0.906. The molecule has 20 heavy (non-hydrogen) atoms. The van der Waals surface area contributed by atoms with Gasteiger partial charge in [0, 0.05) is 18.8 Å². The molecule has 0 amide bonds. The van der Waals surface area contributed by atoms with E-state index in [1.807, 2.05) is 0 Å². The molecule has 2 rings (SSSR count). The number of nitrogens with zero attached hydrogens (tertiary/aromatic N) is 1. The van der Waals surface area contributed by atoms with Crippen molar-refractivity contribution in [3.63, 3.8) is 0 Å². The van der Waals surface area contributed by atoms with Crippen LogP contribution in [0.4, 0.5) is 5.69 Å². The number of rotatable bonds is 4. The fourth-order valence-electron chi connectivity index (χ4n) is 3.42. The summed E-state index contributed by atoms with van der Waals surface area (Å²) in [5.41, 5.74) is 9.84. The van der Waals surface area contributed by atoms with E-state index in [1.165, 1.54) is 49.2 Å².